The highest BCUT2D eigenvalue weighted by Crippen LogP contribution is 2.29. The molecule has 0 aliphatic rings. The molecule has 1 aromatic carbocycles. The van der Waals surface area contributed by atoms with Gasteiger partial charge in [0.15, 0.2) is 0 Å². The van der Waals surface area contributed by atoms with E-state index in [0.29, 0.717) is 15.7 Å². The summed E-state index contributed by atoms with van der Waals surface area (Å²) in [4.78, 5) is 12.1. The van der Waals surface area contributed by atoms with E-state index in [1.165, 1.54) is 0 Å². The topological polar surface area (TPSA) is 55.1 Å². The predicted octanol–water partition coefficient (Wildman–Crippen LogP) is 4.39. The summed E-state index contributed by atoms with van der Waals surface area (Å²) in [6.07, 6.45) is 2.67. The van der Waals surface area contributed by atoms with Crippen molar-refractivity contribution in [2.24, 2.45) is 11.7 Å². The Bertz CT molecular complexity index is 475. The molecule has 3 nitrogen and oxygen atoms in total. The zero-order chi connectivity index (χ0) is 15.3. The molecule has 1 amide bonds. The largest absolute Gasteiger partial charge is 0.328 e. The van der Waals surface area contributed by atoms with Gasteiger partial charge in [-0.25, -0.2) is 0 Å². The summed E-state index contributed by atoms with van der Waals surface area (Å²) >= 11 is 12.1. The quantitative estimate of drug-likeness (QED) is 0.817. The number of rotatable bonds is 6. The minimum atomic E-state index is -0.0788. The van der Waals surface area contributed by atoms with Gasteiger partial charge in [-0.3, -0.25) is 4.79 Å². The average molecular weight is 317 g/mol. The Morgan fingerprint density at radius 2 is 1.90 bits per heavy atom. The first-order valence-electron chi connectivity index (χ1n) is 6.83. The molecule has 2 unspecified atom stereocenters. The van der Waals surface area contributed by atoms with Gasteiger partial charge in [0.1, 0.15) is 0 Å². The van der Waals surface area contributed by atoms with Gasteiger partial charge in [-0.15, -0.1) is 0 Å². The van der Waals surface area contributed by atoms with Crippen LogP contribution in [0, 0.1) is 12.8 Å². The van der Waals surface area contributed by atoms with Crippen molar-refractivity contribution in [3.05, 3.63) is 27.7 Å². The van der Waals surface area contributed by atoms with Crippen LogP contribution in [0.15, 0.2) is 12.1 Å². The molecular weight excluding hydrogens is 295 g/mol. The second-order valence-corrected chi connectivity index (χ2v) is 6.19. The van der Waals surface area contributed by atoms with E-state index in [1.807, 2.05) is 20.8 Å². The number of amides is 1. The fraction of sp³-hybridized carbons (Fsp3) is 0.533. The van der Waals surface area contributed by atoms with Gasteiger partial charge < -0.3 is 11.1 Å². The van der Waals surface area contributed by atoms with Crippen LogP contribution < -0.4 is 11.1 Å². The minimum Gasteiger partial charge on any atom is -0.328 e. The van der Waals surface area contributed by atoms with Gasteiger partial charge in [-0.2, -0.15) is 0 Å². The van der Waals surface area contributed by atoms with Crippen molar-refractivity contribution in [3.63, 3.8) is 0 Å². The second-order valence-electron chi connectivity index (χ2n) is 5.38. The molecule has 0 aliphatic heterocycles. The van der Waals surface area contributed by atoms with Crippen molar-refractivity contribution in [1.29, 1.82) is 0 Å². The van der Waals surface area contributed by atoms with Gasteiger partial charge in [0.2, 0.25) is 5.91 Å². The van der Waals surface area contributed by atoms with E-state index >= 15 is 0 Å². The Morgan fingerprint density at radius 1 is 1.25 bits per heavy atom. The number of halogens is 2. The number of aryl methyl sites for hydroxylation is 1. The molecule has 20 heavy (non-hydrogen) atoms. The third-order valence-corrected chi connectivity index (χ3v) is 3.97. The van der Waals surface area contributed by atoms with Crippen LogP contribution in [0.1, 0.15) is 38.7 Å². The lowest BCUT2D eigenvalue weighted by molar-refractivity contribution is -0.119. The Hall–Kier alpha value is -0.770. The third kappa shape index (κ3) is 5.31. The van der Waals surface area contributed by atoms with Gasteiger partial charge in [0, 0.05) is 17.0 Å². The molecule has 0 saturated heterocycles. The van der Waals surface area contributed by atoms with E-state index in [2.05, 4.69) is 5.32 Å². The van der Waals surface area contributed by atoms with Gasteiger partial charge in [-0.1, -0.05) is 36.5 Å². The highest BCUT2D eigenvalue weighted by Gasteiger charge is 2.15. The van der Waals surface area contributed by atoms with Gasteiger partial charge in [0.25, 0.3) is 0 Å². The lowest BCUT2D eigenvalue weighted by Crippen LogP contribution is -2.21. The van der Waals surface area contributed by atoms with E-state index in [1.54, 1.807) is 12.1 Å². The van der Waals surface area contributed by atoms with Crippen molar-refractivity contribution in [1.82, 2.24) is 0 Å². The number of carbonyl (C=O) groups is 1. The highest BCUT2D eigenvalue weighted by molar-refractivity contribution is 6.36. The normalized spacial score (nSPS) is 13.9. The molecule has 0 radical (unpaired) electrons. The summed E-state index contributed by atoms with van der Waals surface area (Å²) in [6, 6.07) is 3.61. The summed E-state index contributed by atoms with van der Waals surface area (Å²) in [6.45, 7) is 5.75. The van der Waals surface area contributed by atoms with Crippen LogP contribution in [-0.4, -0.2) is 11.9 Å². The summed E-state index contributed by atoms with van der Waals surface area (Å²) < 4.78 is 0. The van der Waals surface area contributed by atoms with Gasteiger partial charge in [0.05, 0.1) is 10.7 Å². The van der Waals surface area contributed by atoms with E-state index in [9.17, 15) is 4.79 Å². The van der Waals surface area contributed by atoms with Crippen molar-refractivity contribution >= 4 is 34.8 Å². The highest BCUT2D eigenvalue weighted by atomic mass is 35.5. The molecule has 5 heteroatoms. The van der Waals surface area contributed by atoms with Crippen molar-refractivity contribution in [2.75, 3.05) is 5.32 Å². The molecule has 3 N–H and O–H groups in total. The van der Waals surface area contributed by atoms with Crippen LogP contribution >= 0.6 is 23.2 Å². The lowest BCUT2D eigenvalue weighted by atomic mass is 10.0. The third-order valence-electron chi connectivity index (χ3n) is 3.25. The number of hydrogen-bond donors (Lipinski definition) is 2. The maximum Gasteiger partial charge on any atom is 0.227 e. The molecule has 2 atom stereocenters. The maximum absolute atomic E-state index is 12.1. The fourth-order valence-electron chi connectivity index (χ4n) is 1.88. The van der Waals surface area contributed by atoms with Crippen LogP contribution in [0.5, 0.6) is 0 Å². The first-order chi connectivity index (χ1) is 9.31. The average Bonchev–Trinajstić information content (AvgIpc) is 2.35. The molecule has 0 spiro atoms. The monoisotopic (exact) mass is 316 g/mol. The maximum atomic E-state index is 12.1. The Labute approximate surface area is 130 Å². The zero-order valence-corrected chi connectivity index (χ0v) is 13.7. The van der Waals surface area contributed by atoms with Gasteiger partial charge in [-0.05, 0) is 44.4 Å². The predicted molar refractivity (Wildman–Crippen MR) is 86.5 cm³/mol. The molecular formula is C15H22Cl2N2O. The van der Waals surface area contributed by atoms with Crippen LogP contribution in [0.4, 0.5) is 5.69 Å². The van der Waals surface area contributed by atoms with Crippen molar-refractivity contribution in [3.8, 4) is 0 Å². The molecule has 0 heterocycles. The molecule has 1 aromatic rings. The van der Waals surface area contributed by atoms with E-state index < -0.39 is 0 Å². The van der Waals surface area contributed by atoms with Crippen LogP contribution in [0.3, 0.4) is 0 Å². The summed E-state index contributed by atoms with van der Waals surface area (Å²) in [7, 11) is 0. The number of nitrogens with one attached hydrogen (secondary N) is 1. The first-order valence-corrected chi connectivity index (χ1v) is 7.59. The molecule has 0 saturated carbocycles. The molecule has 0 bridgehead atoms. The Balaban J connectivity index is 2.59. The second kappa shape index (κ2) is 7.87. The number of benzene rings is 1. The first kappa shape index (κ1) is 17.3. The summed E-state index contributed by atoms with van der Waals surface area (Å²) in [5.41, 5.74) is 7.15. The zero-order valence-electron chi connectivity index (χ0n) is 12.2. The number of carbonyl (C=O) groups excluding carboxylic acids is 1. The van der Waals surface area contributed by atoms with Gasteiger partial charge >= 0.3 is 0 Å². The lowest BCUT2D eigenvalue weighted by Gasteiger charge is -2.14. The molecule has 0 aromatic heterocycles. The molecule has 0 aliphatic carbocycles. The summed E-state index contributed by atoms with van der Waals surface area (Å²) in [5.74, 6) is -0.124. The Morgan fingerprint density at radius 3 is 2.50 bits per heavy atom. The fourth-order valence-corrected chi connectivity index (χ4v) is 2.30. The minimum absolute atomic E-state index is 0.0449. The van der Waals surface area contributed by atoms with E-state index in [4.69, 9.17) is 28.9 Å². The van der Waals surface area contributed by atoms with Crippen LogP contribution in [-0.2, 0) is 4.79 Å². The van der Waals surface area contributed by atoms with Crippen molar-refractivity contribution in [2.45, 2.75) is 46.1 Å². The number of anilines is 1. The number of nitrogens with two attached hydrogens (primary N) is 1. The van der Waals surface area contributed by atoms with E-state index in [0.717, 1.165) is 24.8 Å². The molecule has 112 valence electrons. The van der Waals surface area contributed by atoms with Crippen LogP contribution in [0.25, 0.3) is 0 Å². The summed E-state index contributed by atoms with van der Waals surface area (Å²) in [5, 5.41) is 3.92. The molecule has 1 rings (SSSR count). The standard InChI is InChI=1S/C15H22Cl2N2O/c1-9(5-4-6-11(3)18)15(20)19-14-8-12(16)10(2)7-13(14)17/h7-9,11H,4-6,18H2,1-3H3,(H,19,20). The van der Waals surface area contributed by atoms with Crippen molar-refractivity contribution < 1.29 is 4.79 Å². The molecule has 0 fully saturated rings. The number of hydrogen-bond acceptors (Lipinski definition) is 2. The van der Waals surface area contributed by atoms with E-state index in [-0.39, 0.29) is 17.9 Å². The Kier molecular flexibility index (Phi) is 6.80. The SMILES string of the molecule is Cc1cc(Cl)c(NC(=O)C(C)CCCC(C)N)cc1Cl. The smallest absolute Gasteiger partial charge is 0.227 e. The van der Waals surface area contributed by atoms with Crippen LogP contribution in [0.2, 0.25) is 10.0 Å².